The van der Waals surface area contributed by atoms with Crippen LogP contribution >= 0.6 is 0 Å². The zero-order chi connectivity index (χ0) is 24.7. The molecule has 0 aliphatic heterocycles. The lowest BCUT2D eigenvalue weighted by atomic mass is 9.76. The van der Waals surface area contributed by atoms with Gasteiger partial charge >= 0.3 is 0 Å². The van der Waals surface area contributed by atoms with Gasteiger partial charge in [-0.25, -0.2) is 0 Å². The average Bonchev–Trinajstić information content (AvgIpc) is 2.85. The van der Waals surface area contributed by atoms with E-state index in [-0.39, 0.29) is 0 Å². The van der Waals surface area contributed by atoms with E-state index < -0.39 is 0 Å². The third-order valence-corrected chi connectivity index (χ3v) is 7.88. The molecule has 0 fully saturated rings. The van der Waals surface area contributed by atoms with Crippen LogP contribution in [0.5, 0.6) is 5.75 Å². The minimum atomic E-state index is 0.531. The number of phenols is 1. The van der Waals surface area contributed by atoms with Crippen LogP contribution in [0.2, 0.25) is 0 Å². The van der Waals surface area contributed by atoms with Gasteiger partial charge in [0.1, 0.15) is 5.75 Å². The van der Waals surface area contributed by atoms with Gasteiger partial charge in [-0.2, -0.15) is 0 Å². The first-order valence-corrected chi connectivity index (χ1v) is 15.5. The summed E-state index contributed by atoms with van der Waals surface area (Å²) in [4.78, 5) is 0. The van der Waals surface area contributed by atoms with Crippen LogP contribution in [0.1, 0.15) is 174 Å². The maximum atomic E-state index is 10.8. The number of para-hydroxylation sites is 1. The Morgan fingerprint density at radius 3 is 1.32 bits per heavy atom. The number of rotatable bonds is 24. The molecule has 0 radical (unpaired) electrons. The molecule has 198 valence electrons. The molecule has 0 aliphatic carbocycles. The second-order valence-corrected chi connectivity index (χ2v) is 10.9. The van der Waals surface area contributed by atoms with Crippen LogP contribution in [0.4, 0.5) is 0 Å². The molecule has 1 aromatic carbocycles. The van der Waals surface area contributed by atoms with E-state index in [1.165, 1.54) is 147 Å². The molecule has 0 aliphatic rings. The maximum absolute atomic E-state index is 10.8. The highest BCUT2D eigenvalue weighted by Gasteiger charge is 2.24. The Balaban J connectivity index is 2.72. The summed E-state index contributed by atoms with van der Waals surface area (Å²) >= 11 is 0. The molecule has 1 N–H and O–H groups in total. The van der Waals surface area contributed by atoms with Gasteiger partial charge in [0.05, 0.1) is 0 Å². The summed E-state index contributed by atoms with van der Waals surface area (Å²) in [5.74, 6) is 1.79. The van der Waals surface area contributed by atoms with Gasteiger partial charge in [0, 0.05) is 0 Å². The summed E-state index contributed by atoms with van der Waals surface area (Å²) in [6.45, 7) is 6.90. The highest BCUT2D eigenvalue weighted by atomic mass is 16.3. The second kappa shape index (κ2) is 22.5. The van der Waals surface area contributed by atoms with Crippen molar-refractivity contribution in [1.82, 2.24) is 0 Å². The molecular formula is C33H60O. The fraction of sp³-hybridized carbons (Fsp3) is 0.818. The molecule has 1 atom stereocenters. The monoisotopic (exact) mass is 472 g/mol. The first kappa shape index (κ1) is 31.1. The van der Waals surface area contributed by atoms with Crippen LogP contribution in [-0.4, -0.2) is 5.11 Å². The van der Waals surface area contributed by atoms with Crippen molar-refractivity contribution in [3.63, 3.8) is 0 Å². The van der Waals surface area contributed by atoms with Crippen LogP contribution < -0.4 is 0 Å². The highest BCUT2D eigenvalue weighted by molar-refractivity contribution is 5.35. The number of hydrogen-bond donors (Lipinski definition) is 1. The number of phenolic OH excluding ortho intramolecular Hbond substituents is 1. The molecule has 1 aromatic rings. The minimum absolute atomic E-state index is 0.531. The predicted octanol–water partition coefficient (Wildman–Crippen LogP) is 11.7. The van der Waals surface area contributed by atoms with Gasteiger partial charge in [0.2, 0.25) is 0 Å². The highest BCUT2D eigenvalue weighted by Crippen LogP contribution is 2.40. The molecule has 34 heavy (non-hydrogen) atoms. The van der Waals surface area contributed by atoms with Crippen molar-refractivity contribution in [3.8, 4) is 5.75 Å². The molecule has 1 heteroatoms. The van der Waals surface area contributed by atoms with Crippen molar-refractivity contribution in [2.24, 2.45) is 5.92 Å². The Labute approximate surface area is 214 Å². The summed E-state index contributed by atoms with van der Waals surface area (Å²) < 4.78 is 0. The fourth-order valence-electron chi connectivity index (χ4n) is 5.69. The Kier molecular flexibility index (Phi) is 20.5. The van der Waals surface area contributed by atoms with E-state index in [1.807, 2.05) is 12.1 Å². The van der Waals surface area contributed by atoms with E-state index in [9.17, 15) is 5.11 Å². The smallest absolute Gasteiger partial charge is 0.119 e. The molecular weight excluding hydrogens is 412 g/mol. The van der Waals surface area contributed by atoms with Crippen molar-refractivity contribution in [1.29, 1.82) is 0 Å². The largest absolute Gasteiger partial charge is 0.508 e. The first-order chi connectivity index (χ1) is 16.7. The van der Waals surface area contributed by atoms with Crippen molar-refractivity contribution in [2.45, 2.75) is 168 Å². The number of benzene rings is 1. The summed E-state index contributed by atoms with van der Waals surface area (Å²) in [6, 6.07) is 8.26. The lowest BCUT2D eigenvalue weighted by Crippen LogP contribution is -2.14. The molecule has 0 amide bonds. The summed E-state index contributed by atoms with van der Waals surface area (Å²) in [5.41, 5.74) is 1.23. The van der Waals surface area contributed by atoms with Crippen LogP contribution in [0.3, 0.4) is 0 Å². The maximum Gasteiger partial charge on any atom is 0.119 e. The fourth-order valence-corrected chi connectivity index (χ4v) is 5.69. The van der Waals surface area contributed by atoms with Crippen LogP contribution in [-0.2, 0) is 0 Å². The Morgan fingerprint density at radius 1 is 0.500 bits per heavy atom. The number of unbranched alkanes of at least 4 members (excludes halogenated alkanes) is 16. The van der Waals surface area contributed by atoms with E-state index in [0.29, 0.717) is 11.7 Å². The molecule has 0 spiro atoms. The lowest BCUT2D eigenvalue weighted by Gasteiger charge is -2.29. The zero-order valence-electron chi connectivity index (χ0n) is 23.5. The van der Waals surface area contributed by atoms with Crippen LogP contribution in [0.25, 0.3) is 0 Å². The van der Waals surface area contributed by atoms with Gasteiger partial charge in [-0.3, -0.25) is 0 Å². The standard InChI is InChI=1S/C33H60O/c1-4-7-10-13-16-19-22-27-31(32-28-23-24-29-33(32)34)30(25-20-17-14-11-8-5-2)26-21-18-15-12-9-6-3/h23-24,28-31,34H,4-22,25-27H2,1-3H3. The van der Waals surface area contributed by atoms with Crippen LogP contribution in [0, 0.1) is 5.92 Å². The van der Waals surface area contributed by atoms with Crippen molar-refractivity contribution in [3.05, 3.63) is 29.8 Å². The van der Waals surface area contributed by atoms with E-state index in [2.05, 4.69) is 32.9 Å². The molecule has 1 rings (SSSR count). The Morgan fingerprint density at radius 2 is 0.882 bits per heavy atom. The molecule has 1 nitrogen and oxygen atoms in total. The molecule has 0 aromatic heterocycles. The number of hydrogen-bond acceptors (Lipinski definition) is 1. The summed E-state index contributed by atoms with van der Waals surface area (Å²) in [5, 5.41) is 10.8. The molecule has 0 saturated heterocycles. The third-order valence-electron chi connectivity index (χ3n) is 7.88. The van der Waals surface area contributed by atoms with Crippen molar-refractivity contribution >= 4 is 0 Å². The molecule has 0 saturated carbocycles. The van der Waals surface area contributed by atoms with Gasteiger partial charge in [0.25, 0.3) is 0 Å². The Hall–Kier alpha value is -0.980. The van der Waals surface area contributed by atoms with E-state index in [1.54, 1.807) is 0 Å². The zero-order valence-corrected chi connectivity index (χ0v) is 23.5. The van der Waals surface area contributed by atoms with E-state index in [0.717, 1.165) is 5.92 Å². The predicted molar refractivity (Wildman–Crippen MR) is 153 cm³/mol. The van der Waals surface area contributed by atoms with Gasteiger partial charge in [0.15, 0.2) is 0 Å². The van der Waals surface area contributed by atoms with Crippen molar-refractivity contribution < 1.29 is 5.11 Å². The molecule has 0 bridgehead atoms. The van der Waals surface area contributed by atoms with Gasteiger partial charge in [-0.15, -0.1) is 0 Å². The summed E-state index contributed by atoms with van der Waals surface area (Å²) in [7, 11) is 0. The Bertz CT molecular complexity index is 535. The van der Waals surface area contributed by atoms with Gasteiger partial charge < -0.3 is 5.11 Å². The molecule has 0 heterocycles. The third kappa shape index (κ3) is 15.1. The first-order valence-electron chi connectivity index (χ1n) is 15.5. The van der Waals surface area contributed by atoms with Crippen molar-refractivity contribution in [2.75, 3.05) is 0 Å². The van der Waals surface area contributed by atoms with Gasteiger partial charge in [-0.05, 0) is 42.7 Å². The normalized spacial score (nSPS) is 12.5. The summed E-state index contributed by atoms with van der Waals surface area (Å²) in [6.07, 6.45) is 30.0. The van der Waals surface area contributed by atoms with E-state index >= 15 is 0 Å². The topological polar surface area (TPSA) is 20.2 Å². The SMILES string of the molecule is CCCCCCCCCC(c1ccccc1O)C(CCCCCCCC)CCCCCCCC. The minimum Gasteiger partial charge on any atom is -0.508 e. The van der Waals surface area contributed by atoms with Gasteiger partial charge in [-0.1, -0.05) is 161 Å². The quantitative estimate of drug-likeness (QED) is 0.148. The second-order valence-electron chi connectivity index (χ2n) is 10.9. The lowest BCUT2D eigenvalue weighted by molar-refractivity contribution is 0.314. The number of aromatic hydroxyl groups is 1. The average molecular weight is 473 g/mol. The van der Waals surface area contributed by atoms with Crippen LogP contribution in [0.15, 0.2) is 24.3 Å². The van der Waals surface area contributed by atoms with E-state index in [4.69, 9.17) is 0 Å². The molecule has 1 unspecified atom stereocenters.